The van der Waals surface area contributed by atoms with Crippen molar-refractivity contribution in [1.29, 1.82) is 0 Å². The van der Waals surface area contributed by atoms with Crippen molar-refractivity contribution in [3.05, 3.63) is 35.4 Å². The van der Waals surface area contributed by atoms with Crippen LogP contribution < -0.4 is 16.0 Å². The molecule has 5 nitrogen and oxygen atoms in total. The molecule has 0 radical (unpaired) electrons. The van der Waals surface area contributed by atoms with Gasteiger partial charge in [-0.05, 0) is 57.1 Å². The van der Waals surface area contributed by atoms with Gasteiger partial charge in [0.15, 0.2) is 5.96 Å². The minimum absolute atomic E-state index is 0. The lowest BCUT2D eigenvalue weighted by molar-refractivity contribution is -0.126. The summed E-state index contributed by atoms with van der Waals surface area (Å²) in [4.78, 5) is 16.7. The Balaban J connectivity index is 0.00000392. The second-order valence-electron chi connectivity index (χ2n) is 7.79. The first kappa shape index (κ1) is 24.7. The van der Waals surface area contributed by atoms with Crippen LogP contribution in [0.1, 0.15) is 57.6 Å². The zero-order valence-electron chi connectivity index (χ0n) is 17.8. The fourth-order valence-corrected chi connectivity index (χ4v) is 3.62. The Morgan fingerprint density at radius 2 is 1.86 bits per heavy atom. The fourth-order valence-electron chi connectivity index (χ4n) is 3.62. The fraction of sp³-hybridized carbons (Fsp3) is 0.636. The zero-order valence-corrected chi connectivity index (χ0v) is 20.1. The second kappa shape index (κ2) is 13.0. The molecule has 1 fully saturated rings. The smallest absolute Gasteiger partial charge is 0.223 e. The standard InChI is InChI=1S/C22H36N4O.HI/c1-5-17-9-11-18(12-10-17)13-14-24-22(23-4)26-20-8-6-7-19(15-20)21(27)25-16(2)3;/h9-12,16,19-20H,5-8,13-15H2,1-4H3,(H,25,27)(H2,23,24,26);1H. The molecule has 1 saturated carbocycles. The van der Waals surface area contributed by atoms with E-state index < -0.39 is 0 Å². The lowest BCUT2D eigenvalue weighted by atomic mass is 9.85. The molecule has 2 rings (SSSR count). The van der Waals surface area contributed by atoms with E-state index >= 15 is 0 Å². The number of benzene rings is 1. The summed E-state index contributed by atoms with van der Waals surface area (Å²) in [6.07, 6.45) is 6.06. The van der Waals surface area contributed by atoms with Crippen LogP contribution in [0.15, 0.2) is 29.3 Å². The lowest BCUT2D eigenvalue weighted by Crippen LogP contribution is -2.47. The van der Waals surface area contributed by atoms with Gasteiger partial charge in [-0.25, -0.2) is 0 Å². The predicted molar refractivity (Wildman–Crippen MR) is 128 cm³/mol. The number of aryl methyl sites for hydroxylation is 1. The predicted octanol–water partition coefficient (Wildman–Crippen LogP) is 3.66. The number of aliphatic imine (C=N–C) groups is 1. The molecule has 0 spiro atoms. The van der Waals surface area contributed by atoms with Gasteiger partial charge in [-0.2, -0.15) is 0 Å². The van der Waals surface area contributed by atoms with Gasteiger partial charge in [0.2, 0.25) is 5.91 Å². The van der Waals surface area contributed by atoms with Gasteiger partial charge in [-0.1, -0.05) is 37.6 Å². The van der Waals surface area contributed by atoms with Crippen molar-refractivity contribution in [3.8, 4) is 0 Å². The number of guanidine groups is 1. The monoisotopic (exact) mass is 500 g/mol. The Hall–Kier alpha value is -1.31. The maximum absolute atomic E-state index is 12.3. The Morgan fingerprint density at radius 3 is 2.46 bits per heavy atom. The maximum atomic E-state index is 12.3. The van der Waals surface area contributed by atoms with Crippen molar-refractivity contribution in [2.75, 3.05) is 13.6 Å². The number of carbonyl (C=O) groups excluding carboxylic acids is 1. The first-order valence-corrected chi connectivity index (χ1v) is 10.4. The summed E-state index contributed by atoms with van der Waals surface area (Å²) < 4.78 is 0. The van der Waals surface area contributed by atoms with Gasteiger partial charge in [-0.15, -0.1) is 24.0 Å². The minimum atomic E-state index is 0. The molecule has 158 valence electrons. The van der Waals surface area contributed by atoms with E-state index in [-0.39, 0.29) is 41.8 Å². The highest BCUT2D eigenvalue weighted by Crippen LogP contribution is 2.24. The molecule has 6 heteroatoms. The maximum Gasteiger partial charge on any atom is 0.223 e. The van der Waals surface area contributed by atoms with E-state index in [0.717, 1.165) is 51.0 Å². The molecule has 0 aromatic heterocycles. The summed E-state index contributed by atoms with van der Waals surface area (Å²) in [5, 5.41) is 9.96. The van der Waals surface area contributed by atoms with Crippen LogP contribution in [0.5, 0.6) is 0 Å². The van der Waals surface area contributed by atoms with Gasteiger partial charge in [0.25, 0.3) is 0 Å². The average Bonchev–Trinajstić information content (AvgIpc) is 2.67. The molecule has 1 amide bonds. The number of carbonyl (C=O) groups is 1. The van der Waals surface area contributed by atoms with E-state index in [2.05, 4.69) is 52.1 Å². The van der Waals surface area contributed by atoms with E-state index in [0.29, 0.717) is 6.04 Å². The number of hydrogen-bond donors (Lipinski definition) is 3. The van der Waals surface area contributed by atoms with Crippen molar-refractivity contribution in [2.45, 2.75) is 71.4 Å². The molecule has 0 bridgehead atoms. The minimum Gasteiger partial charge on any atom is -0.356 e. The first-order chi connectivity index (χ1) is 13.0. The molecule has 1 aliphatic rings. The van der Waals surface area contributed by atoms with Crippen molar-refractivity contribution >= 4 is 35.8 Å². The van der Waals surface area contributed by atoms with Crippen LogP contribution in [-0.2, 0) is 17.6 Å². The van der Waals surface area contributed by atoms with E-state index in [1.807, 2.05) is 13.8 Å². The Morgan fingerprint density at radius 1 is 1.18 bits per heavy atom. The topological polar surface area (TPSA) is 65.5 Å². The molecule has 0 aliphatic heterocycles. The summed E-state index contributed by atoms with van der Waals surface area (Å²) in [7, 11) is 1.80. The van der Waals surface area contributed by atoms with Crippen molar-refractivity contribution < 1.29 is 4.79 Å². The van der Waals surface area contributed by atoms with Crippen molar-refractivity contribution in [3.63, 3.8) is 0 Å². The van der Waals surface area contributed by atoms with E-state index in [1.54, 1.807) is 7.05 Å². The zero-order chi connectivity index (χ0) is 19.6. The van der Waals surface area contributed by atoms with Crippen molar-refractivity contribution in [2.24, 2.45) is 10.9 Å². The highest BCUT2D eigenvalue weighted by atomic mass is 127. The van der Waals surface area contributed by atoms with Crippen LogP contribution in [0.4, 0.5) is 0 Å². The van der Waals surface area contributed by atoms with Crippen LogP contribution in [0, 0.1) is 5.92 Å². The molecule has 0 saturated heterocycles. The second-order valence-corrected chi connectivity index (χ2v) is 7.79. The normalized spacial score (nSPS) is 19.7. The van der Waals surface area contributed by atoms with Crippen LogP contribution in [-0.4, -0.2) is 37.5 Å². The molecule has 1 aliphatic carbocycles. The van der Waals surface area contributed by atoms with E-state index in [9.17, 15) is 4.79 Å². The molecular formula is C22H37IN4O. The SMILES string of the molecule is CCc1ccc(CCNC(=NC)NC2CCCC(C(=O)NC(C)C)C2)cc1.I. The summed E-state index contributed by atoms with van der Waals surface area (Å²) in [5.74, 6) is 1.12. The Labute approximate surface area is 187 Å². The average molecular weight is 500 g/mol. The van der Waals surface area contributed by atoms with E-state index in [1.165, 1.54) is 11.1 Å². The summed E-state index contributed by atoms with van der Waals surface area (Å²) in [6, 6.07) is 9.31. The highest BCUT2D eigenvalue weighted by molar-refractivity contribution is 14.0. The third kappa shape index (κ3) is 8.37. The van der Waals surface area contributed by atoms with Crippen LogP contribution in [0.25, 0.3) is 0 Å². The molecule has 3 N–H and O–H groups in total. The quantitative estimate of drug-likeness (QED) is 0.304. The summed E-state index contributed by atoms with van der Waals surface area (Å²) >= 11 is 0. The lowest BCUT2D eigenvalue weighted by Gasteiger charge is -2.30. The molecular weight excluding hydrogens is 463 g/mol. The Bertz CT molecular complexity index is 615. The number of halogens is 1. The van der Waals surface area contributed by atoms with Crippen LogP contribution in [0.2, 0.25) is 0 Å². The number of nitrogens with one attached hydrogen (secondary N) is 3. The third-order valence-electron chi connectivity index (χ3n) is 5.18. The summed E-state index contributed by atoms with van der Waals surface area (Å²) in [6.45, 7) is 7.04. The molecule has 1 aromatic carbocycles. The number of nitrogens with zero attached hydrogens (tertiary/aromatic N) is 1. The number of rotatable bonds is 7. The van der Waals surface area contributed by atoms with Gasteiger partial charge in [0.05, 0.1) is 0 Å². The largest absolute Gasteiger partial charge is 0.356 e. The molecule has 2 atom stereocenters. The molecule has 1 aromatic rings. The Kier molecular flexibility index (Phi) is 11.5. The third-order valence-corrected chi connectivity index (χ3v) is 5.18. The van der Waals surface area contributed by atoms with Crippen molar-refractivity contribution in [1.82, 2.24) is 16.0 Å². The van der Waals surface area contributed by atoms with Crippen LogP contribution >= 0.6 is 24.0 Å². The number of amides is 1. The van der Waals surface area contributed by atoms with Gasteiger partial charge >= 0.3 is 0 Å². The molecule has 2 unspecified atom stereocenters. The van der Waals surface area contributed by atoms with Gasteiger partial charge in [0.1, 0.15) is 0 Å². The van der Waals surface area contributed by atoms with Crippen LogP contribution in [0.3, 0.4) is 0 Å². The van der Waals surface area contributed by atoms with Gasteiger partial charge < -0.3 is 16.0 Å². The van der Waals surface area contributed by atoms with Gasteiger partial charge in [0, 0.05) is 31.6 Å². The highest BCUT2D eigenvalue weighted by Gasteiger charge is 2.27. The van der Waals surface area contributed by atoms with E-state index in [4.69, 9.17) is 0 Å². The molecule has 28 heavy (non-hydrogen) atoms. The van der Waals surface area contributed by atoms with Gasteiger partial charge in [-0.3, -0.25) is 9.79 Å². The summed E-state index contributed by atoms with van der Waals surface area (Å²) in [5.41, 5.74) is 2.70. The first-order valence-electron chi connectivity index (χ1n) is 10.4. The number of hydrogen-bond acceptors (Lipinski definition) is 2. The molecule has 0 heterocycles.